The highest BCUT2D eigenvalue weighted by molar-refractivity contribution is 7.92. The van der Waals surface area contributed by atoms with Crippen LogP contribution in [-0.2, 0) is 32.8 Å². The van der Waals surface area contributed by atoms with E-state index in [1.165, 1.54) is 73.2 Å². The lowest BCUT2D eigenvalue weighted by Gasteiger charge is -2.13. The van der Waals surface area contributed by atoms with Crippen LogP contribution < -0.4 is 20.7 Å². The number of aromatic nitrogens is 4. The summed E-state index contributed by atoms with van der Waals surface area (Å²) in [5, 5.41) is 9.74. The van der Waals surface area contributed by atoms with Crippen molar-refractivity contribution in [1.29, 1.82) is 0 Å². The molecule has 67 heavy (non-hydrogen) atoms. The van der Waals surface area contributed by atoms with E-state index in [9.17, 15) is 31.2 Å². The molecule has 9 rings (SSSR count). The zero-order valence-electron chi connectivity index (χ0n) is 35.8. The molecule has 1 fully saturated rings. The number of rotatable bonds is 13. The summed E-state index contributed by atoms with van der Waals surface area (Å²) in [4.78, 5) is 50.6. The normalized spacial score (nSPS) is 12.9. The Morgan fingerprint density at radius 1 is 0.731 bits per heavy atom. The van der Waals surface area contributed by atoms with E-state index < -0.39 is 19.7 Å². The van der Waals surface area contributed by atoms with Gasteiger partial charge >= 0.3 is 0 Å². The van der Waals surface area contributed by atoms with Crippen LogP contribution in [0.25, 0.3) is 15.9 Å². The second kappa shape index (κ2) is 20.3. The minimum absolute atomic E-state index is 0.0196. The molecule has 0 radical (unpaired) electrons. The number of pyridine rings is 1. The van der Waals surface area contributed by atoms with Crippen LogP contribution in [0.2, 0.25) is 5.02 Å². The number of benzene rings is 4. The quantitative estimate of drug-likeness (QED) is 0.101. The number of hydrogen-bond donors (Lipinski definition) is 3. The lowest BCUT2D eigenvalue weighted by Crippen LogP contribution is -2.32. The highest BCUT2D eigenvalue weighted by atomic mass is 35.5. The topological polar surface area (TPSA) is 208 Å². The number of hydrogen-bond acceptors (Lipinski definition) is 12. The van der Waals surface area contributed by atoms with Crippen molar-refractivity contribution in [2.45, 2.75) is 64.4 Å². The van der Waals surface area contributed by atoms with Crippen molar-refractivity contribution < 1.29 is 36.0 Å². The number of carbonyl (C=O) groups excluding carboxylic acids is 3. The average Bonchev–Trinajstić information content (AvgIpc) is 4.15. The number of halogens is 1. The molecular formula is C48H42ClN7O8S3. The summed E-state index contributed by atoms with van der Waals surface area (Å²) in [6.07, 6.45) is 13.9. The molecule has 8 aromatic rings. The second-order valence-corrected chi connectivity index (χ2v) is 20.8. The Hall–Kier alpha value is -6.99. The Labute approximate surface area is 395 Å². The first-order valence-corrected chi connectivity index (χ1v) is 25.1. The highest BCUT2D eigenvalue weighted by Crippen LogP contribution is 2.31. The van der Waals surface area contributed by atoms with Gasteiger partial charge in [0, 0.05) is 67.9 Å². The van der Waals surface area contributed by atoms with Gasteiger partial charge in [0.05, 0.1) is 46.9 Å². The number of sulfone groups is 2. The molecule has 342 valence electrons. The van der Waals surface area contributed by atoms with Crippen LogP contribution in [0.5, 0.6) is 5.75 Å². The first-order chi connectivity index (χ1) is 32.3. The van der Waals surface area contributed by atoms with Gasteiger partial charge in [-0.05, 0) is 96.1 Å². The monoisotopic (exact) mass is 975 g/mol. The Balaban J connectivity index is 0.000000184. The van der Waals surface area contributed by atoms with Gasteiger partial charge in [-0.1, -0.05) is 54.8 Å². The first-order valence-electron chi connectivity index (χ1n) is 20.9. The molecule has 1 aliphatic carbocycles. The molecular weight excluding hydrogens is 934 g/mol. The molecule has 0 aliphatic heterocycles. The standard InChI is InChI=1S/C26H25N5O4S.C22H17ClN2O4S2/c32-24(20-16-29-26-27-12-13-31(26)17-20)28-15-18-8-10-22(11-9-18)36(34,35)23-7-3-4-19(14-23)25(33)30-21-5-1-2-6-21;1-29-16-4-7-18(23)21(11-16)31(27,28)17-5-2-14(3-6-17)12-25-22(26)19-10-15-8-9-24-13-20(15)30-19/h3-4,7-14,16-17,21H,1-2,5-6,15H2,(H,28,32)(H,30,33);2-11,13H,12H2,1H3,(H,25,26). The van der Waals surface area contributed by atoms with E-state index in [4.69, 9.17) is 16.3 Å². The minimum Gasteiger partial charge on any atom is -0.497 e. The SMILES string of the molecule is COc1ccc(Cl)c(S(=O)(=O)c2ccc(CNC(=O)c3cc4ccncc4s3)cc2)c1.O=C(NCc1ccc(S(=O)(=O)c2cccc(C(=O)NC3CCCC3)c2)cc1)c1cnc2nccn2c1. The Morgan fingerprint density at radius 2 is 1.42 bits per heavy atom. The molecule has 0 spiro atoms. The van der Waals surface area contributed by atoms with Gasteiger partial charge in [-0.2, -0.15) is 0 Å². The Bertz CT molecular complexity index is 3300. The van der Waals surface area contributed by atoms with Crippen LogP contribution >= 0.6 is 22.9 Å². The van der Waals surface area contributed by atoms with Crippen molar-refractivity contribution in [1.82, 2.24) is 35.3 Å². The van der Waals surface area contributed by atoms with E-state index in [-0.39, 0.29) is 61.5 Å². The molecule has 3 amide bonds. The third-order valence-electron chi connectivity index (χ3n) is 11.0. The van der Waals surface area contributed by atoms with Crippen molar-refractivity contribution in [2.75, 3.05) is 7.11 Å². The van der Waals surface area contributed by atoms with Gasteiger partial charge < -0.3 is 20.7 Å². The van der Waals surface area contributed by atoms with Crippen molar-refractivity contribution in [3.05, 3.63) is 172 Å². The van der Waals surface area contributed by atoms with Crippen molar-refractivity contribution in [2.24, 2.45) is 0 Å². The summed E-state index contributed by atoms with van der Waals surface area (Å²) in [5.41, 5.74) is 2.22. The van der Waals surface area contributed by atoms with Gasteiger partial charge in [0.15, 0.2) is 0 Å². The highest BCUT2D eigenvalue weighted by Gasteiger charge is 2.24. The van der Waals surface area contributed by atoms with Gasteiger partial charge in [0.1, 0.15) is 5.75 Å². The first kappa shape index (κ1) is 46.5. The number of carbonyl (C=O) groups is 3. The molecule has 4 aromatic heterocycles. The average molecular weight is 977 g/mol. The maximum absolute atomic E-state index is 13.2. The summed E-state index contributed by atoms with van der Waals surface area (Å²) in [6, 6.07) is 27.0. The van der Waals surface area contributed by atoms with Crippen molar-refractivity contribution in [3.8, 4) is 5.75 Å². The van der Waals surface area contributed by atoms with E-state index >= 15 is 0 Å². The van der Waals surface area contributed by atoms with Crippen LogP contribution in [0.1, 0.15) is 67.2 Å². The molecule has 0 bridgehead atoms. The van der Waals surface area contributed by atoms with Gasteiger partial charge in [0.2, 0.25) is 25.5 Å². The number of methoxy groups -OCH3 is 1. The fraction of sp³-hybridized carbons (Fsp3) is 0.167. The number of imidazole rings is 1. The summed E-state index contributed by atoms with van der Waals surface area (Å²) < 4.78 is 60.0. The number of ether oxygens (including phenoxy) is 1. The van der Waals surface area contributed by atoms with Crippen molar-refractivity contribution >= 4 is 76.2 Å². The van der Waals surface area contributed by atoms with Gasteiger partial charge in [-0.25, -0.2) is 26.8 Å². The van der Waals surface area contributed by atoms with Crippen LogP contribution in [-0.4, -0.2) is 67.1 Å². The zero-order chi connectivity index (χ0) is 47.1. The van der Waals surface area contributed by atoms with Gasteiger partial charge in [-0.15, -0.1) is 11.3 Å². The van der Waals surface area contributed by atoms with E-state index in [1.54, 1.807) is 77.8 Å². The summed E-state index contributed by atoms with van der Waals surface area (Å²) in [7, 11) is -6.17. The lowest BCUT2D eigenvalue weighted by atomic mass is 10.2. The largest absolute Gasteiger partial charge is 0.497 e. The molecule has 1 aliphatic rings. The van der Waals surface area contributed by atoms with Crippen LogP contribution in [0.4, 0.5) is 0 Å². The lowest BCUT2D eigenvalue weighted by molar-refractivity contribution is 0.0932. The van der Waals surface area contributed by atoms with E-state index in [0.717, 1.165) is 46.9 Å². The number of thiophene rings is 1. The molecule has 4 aromatic carbocycles. The van der Waals surface area contributed by atoms with Gasteiger partial charge in [-0.3, -0.25) is 23.8 Å². The maximum Gasteiger partial charge on any atom is 0.261 e. The molecule has 1 saturated carbocycles. The number of nitrogens with zero attached hydrogens (tertiary/aromatic N) is 4. The fourth-order valence-electron chi connectivity index (χ4n) is 7.28. The van der Waals surface area contributed by atoms with Gasteiger partial charge in [0.25, 0.3) is 17.7 Å². The smallest absolute Gasteiger partial charge is 0.261 e. The predicted octanol–water partition coefficient (Wildman–Crippen LogP) is 7.89. The van der Waals surface area contributed by atoms with Crippen LogP contribution in [0.15, 0.2) is 160 Å². The molecule has 19 heteroatoms. The minimum atomic E-state index is -3.81. The fourth-order valence-corrected chi connectivity index (χ4v) is 11.3. The van der Waals surface area contributed by atoms with Crippen LogP contribution in [0.3, 0.4) is 0 Å². The van der Waals surface area contributed by atoms with E-state index in [2.05, 4.69) is 30.9 Å². The maximum atomic E-state index is 13.2. The molecule has 0 saturated heterocycles. The number of nitrogens with one attached hydrogen (secondary N) is 3. The Kier molecular flexibility index (Phi) is 14.1. The summed E-state index contributed by atoms with van der Waals surface area (Å²) >= 11 is 7.48. The summed E-state index contributed by atoms with van der Waals surface area (Å²) in [5.74, 6) is 0.152. The zero-order valence-corrected chi connectivity index (χ0v) is 39.0. The molecule has 0 atom stereocenters. The molecule has 4 heterocycles. The van der Waals surface area contributed by atoms with Crippen LogP contribution in [0, 0.1) is 0 Å². The second-order valence-electron chi connectivity index (χ2n) is 15.4. The number of fused-ring (bicyclic) bond motifs is 2. The van der Waals surface area contributed by atoms with Crippen molar-refractivity contribution in [3.63, 3.8) is 0 Å². The van der Waals surface area contributed by atoms with E-state index in [0.29, 0.717) is 27.5 Å². The Morgan fingerprint density at radius 3 is 2.10 bits per heavy atom. The molecule has 3 N–H and O–H groups in total. The number of amides is 3. The van der Waals surface area contributed by atoms with E-state index in [1.807, 2.05) is 12.1 Å². The third-order valence-corrected chi connectivity index (χ3v) is 16.1. The molecule has 15 nitrogen and oxygen atoms in total. The third kappa shape index (κ3) is 10.8. The molecule has 0 unspecified atom stereocenters. The predicted molar refractivity (Wildman–Crippen MR) is 253 cm³/mol. The summed E-state index contributed by atoms with van der Waals surface area (Å²) in [6.45, 7) is 0.490.